The number of halogens is 1. The summed E-state index contributed by atoms with van der Waals surface area (Å²) < 4.78 is 5.49. The van der Waals surface area contributed by atoms with Crippen LogP contribution < -0.4 is 11.1 Å². The lowest BCUT2D eigenvalue weighted by Gasteiger charge is -2.17. The molecular weight excluding hydrogens is 353 g/mol. The number of hydrogen-bond donors (Lipinski definition) is 2. The van der Waals surface area contributed by atoms with Gasteiger partial charge in [-0.3, -0.25) is 4.99 Å². The molecule has 1 aliphatic heterocycles. The minimum Gasteiger partial charge on any atom is -0.376 e. The van der Waals surface area contributed by atoms with Gasteiger partial charge in [0.2, 0.25) is 0 Å². The molecule has 1 saturated heterocycles. The summed E-state index contributed by atoms with van der Waals surface area (Å²) in [6, 6.07) is 0. The third kappa shape index (κ3) is 10.4. The van der Waals surface area contributed by atoms with Crippen molar-refractivity contribution < 1.29 is 4.74 Å². The molecule has 0 aromatic carbocycles. The zero-order valence-corrected chi connectivity index (χ0v) is 14.9. The molecule has 0 aliphatic carbocycles. The first kappa shape index (κ1) is 19.0. The standard InChI is InChI=1S/C14H29N3O.HI/c1-14(2,3)8-4-5-9-16-13(15)17-11-12-7-6-10-18-12;/h12H,4-11H2,1-3H3,(H3,15,16,17);1H. The molecule has 1 unspecified atom stereocenters. The van der Waals surface area contributed by atoms with Crippen molar-refractivity contribution in [1.82, 2.24) is 5.32 Å². The molecule has 19 heavy (non-hydrogen) atoms. The molecule has 114 valence electrons. The molecule has 3 N–H and O–H groups in total. The van der Waals surface area contributed by atoms with Gasteiger partial charge in [0.15, 0.2) is 5.96 Å². The lowest BCUT2D eigenvalue weighted by atomic mass is 9.90. The first-order valence-corrected chi connectivity index (χ1v) is 7.13. The quantitative estimate of drug-likeness (QED) is 0.321. The monoisotopic (exact) mass is 383 g/mol. The average molecular weight is 383 g/mol. The van der Waals surface area contributed by atoms with E-state index in [2.05, 4.69) is 31.1 Å². The van der Waals surface area contributed by atoms with Gasteiger partial charge in [-0.1, -0.05) is 27.2 Å². The summed E-state index contributed by atoms with van der Waals surface area (Å²) in [6.07, 6.45) is 6.18. The molecule has 0 spiro atoms. The predicted molar refractivity (Wildman–Crippen MR) is 92.2 cm³/mol. The molecule has 1 fully saturated rings. The van der Waals surface area contributed by atoms with Gasteiger partial charge in [-0.25, -0.2) is 0 Å². The van der Waals surface area contributed by atoms with E-state index in [9.17, 15) is 0 Å². The van der Waals surface area contributed by atoms with Crippen molar-refractivity contribution in [3.63, 3.8) is 0 Å². The number of nitrogens with two attached hydrogens (primary N) is 1. The Labute approximate surface area is 135 Å². The van der Waals surface area contributed by atoms with Crippen molar-refractivity contribution in [3.05, 3.63) is 0 Å². The number of rotatable bonds is 6. The molecule has 0 radical (unpaired) electrons. The van der Waals surface area contributed by atoms with Crippen LogP contribution in [0.1, 0.15) is 52.9 Å². The third-order valence-electron chi connectivity index (χ3n) is 3.15. The van der Waals surface area contributed by atoms with Gasteiger partial charge in [0.1, 0.15) is 0 Å². The second-order valence-corrected chi connectivity index (χ2v) is 6.31. The van der Waals surface area contributed by atoms with Crippen LogP contribution in [-0.2, 0) is 4.74 Å². The molecule has 1 aliphatic rings. The second-order valence-electron chi connectivity index (χ2n) is 6.31. The summed E-state index contributed by atoms with van der Waals surface area (Å²) in [7, 11) is 0. The molecule has 0 bridgehead atoms. The molecule has 0 saturated carbocycles. The number of nitrogens with one attached hydrogen (secondary N) is 1. The number of hydrogen-bond acceptors (Lipinski definition) is 2. The van der Waals surface area contributed by atoms with Gasteiger partial charge >= 0.3 is 0 Å². The summed E-state index contributed by atoms with van der Waals surface area (Å²) >= 11 is 0. The van der Waals surface area contributed by atoms with Crippen LogP contribution in [0.25, 0.3) is 0 Å². The Morgan fingerprint density at radius 1 is 1.37 bits per heavy atom. The number of aliphatic imine (C=N–C) groups is 1. The summed E-state index contributed by atoms with van der Waals surface area (Å²) in [5.41, 5.74) is 6.23. The van der Waals surface area contributed by atoms with E-state index in [-0.39, 0.29) is 30.1 Å². The van der Waals surface area contributed by atoms with Crippen LogP contribution in [0.3, 0.4) is 0 Å². The van der Waals surface area contributed by atoms with Crippen LogP contribution in [0, 0.1) is 5.41 Å². The Hall–Kier alpha value is -0.0400. The van der Waals surface area contributed by atoms with Gasteiger partial charge in [0.25, 0.3) is 0 Å². The van der Waals surface area contributed by atoms with Crippen molar-refractivity contribution in [3.8, 4) is 0 Å². The lowest BCUT2D eigenvalue weighted by molar-refractivity contribution is 0.118. The fourth-order valence-corrected chi connectivity index (χ4v) is 2.04. The highest BCUT2D eigenvalue weighted by Gasteiger charge is 2.14. The maximum Gasteiger partial charge on any atom is 0.188 e. The van der Waals surface area contributed by atoms with Gasteiger partial charge in [-0.05, 0) is 31.1 Å². The minimum atomic E-state index is 0. The van der Waals surface area contributed by atoms with E-state index in [1.807, 2.05) is 0 Å². The Bertz CT molecular complexity index is 258. The summed E-state index contributed by atoms with van der Waals surface area (Å²) in [6.45, 7) is 9.31. The maximum absolute atomic E-state index is 5.80. The van der Waals surface area contributed by atoms with Crippen LogP contribution in [0.15, 0.2) is 4.99 Å². The van der Waals surface area contributed by atoms with Crippen molar-refractivity contribution in [2.24, 2.45) is 16.1 Å². The molecule has 5 heteroatoms. The third-order valence-corrected chi connectivity index (χ3v) is 3.15. The highest BCUT2D eigenvalue weighted by atomic mass is 127. The highest BCUT2D eigenvalue weighted by molar-refractivity contribution is 14.0. The SMILES string of the molecule is CC(C)(C)CCCCNC(N)=NCC1CCCO1.I. The normalized spacial score (nSPS) is 20.2. The second kappa shape index (κ2) is 9.80. The fraction of sp³-hybridized carbons (Fsp3) is 0.929. The molecule has 1 atom stereocenters. The van der Waals surface area contributed by atoms with Gasteiger partial charge in [-0.2, -0.15) is 0 Å². The maximum atomic E-state index is 5.80. The van der Waals surface area contributed by atoms with E-state index in [0.29, 0.717) is 17.9 Å². The van der Waals surface area contributed by atoms with Crippen LogP contribution in [0.4, 0.5) is 0 Å². The zero-order valence-electron chi connectivity index (χ0n) is 12.6. The predicted octanol–water partition coefficient (Wildman–Crippen LogP) is 2.90. The van der Waals surface area contributed by atoms with Crippen molar-refractivity contribution in [1.29, 1.82) is 0 Å². The van der Waals surface area contributed by atoms with Crippen molar-refractivity contribution in [2.45, 2.75) is 59.0 Å². The van der Waals surface area contributed by atoms with Crippen LogP contribution in [-0.4, -0.2) is 31.8 Å². The van der Waals surface area contributed by atoms with Crippen LogP contribution >= 0.6 is 24.0 Å². The summed E-state index contributed by atoms with van der Waals surface area (Å²) in [5.74, 6) is 0.557. The molecule has 0 aromatic rings. The number of ether oxygens (including phenoxy) is 1. The fourth-order valence-electron chi connectivity index (χ4n) is 2.04. The lowest BCUT2D eigenvalue weighted by Crippen LogP contribution is -2.33. The van der Waals surface area contributed by atoms with Crippen LogP contribution in [0.2, 0.25) is 0 Å². The topological polar surface area (TPSA) is 59.6 Å². The Morgan fingerprint density at radius 2 is 2.11 bits per heavy atom. The van der Waals surface area contributed by atoms with E-state index in [1.54, 1.807) is 0 Å². The van der Waals surface area contributed by atoms with Crippen molar-refractivity contribution >= 4 is 29.9 Å². The molecular formula is C14H30IN3O. The van der Waals surface area contributed by atoms with E-state index in [0.717, 1.165) is 32.4 Å². The molecule has 4 nitrogen and oxygen atoms in total. The van der Waals surface area contributed by atoms with Gasteiger partial charge in [0, 0.05) is 13.2 Å². The first-order chi connectivity index (χ1) is 8.47. The number of unbranched alkanes of at least 4 members (excludes halogenated alkanes) is 1. The van der Waals surface area contributed by atoms with Gasteiger partial charge in [-0.15, -0.1) is 24.0 Å². The minimum absolute atomic E-state index is 0. The molecule has 0 aromatic heterocycles. The Balaban J connectivity index is 0.00000324. The Morgan fingerprint density at radius 3 is 2.68 bits per heavy atom. The van der Waals surface area contributed by atoms with E-state index >= 15 is 0 Å². The van der Waals surface area contributed by atoms with E-state index < -0.39 is 0 Å². The van der Waals surface area contributed by atoms with E-state index in [1.165, 1.54) is 12.8 Å². The van der Waals surface area contributed by atoms with Crippen molar-refractivity contribution in [2.75, 3.05) is 19.7 Å². The average Bonchev–Trinajstić information content (AvgIpc) is 2.77. The van der Waals surface area contributed by atoms with Crippen LogP contribution in [0.5, 0.6) is 0 Å². The van der Waals surface area contributed by atoms with E-state index in [4.69, 9.17) is 10.5 Å². The Kier molecular flexibility index (Phi) is 9.78. The summed E-state index contributed by atoms with van der Waals surface area (Å²) in [4.78, 5) is 4.31. The van der Waals surface area contributed by atoms with Gasteiger partial charge in [0.05, 0.1) is 12.6 Å². The number of guanidine groups is 1. The molecule has 1 rings (SSSR count). The first-order valence-electron chi connectivity index (χ1n) is 7.13. The molecule has 0 amide bonds. The smallest absolute Gasteiger partial charge is 0.188 e. The largest absolute Gasteiger partial charge is 0.376 e. The summed E-state index contributed by atoms with van der Waals surface area (Å²) in [5, 5.41) is 3.17. The molecule has 1 heterocycles. The number of nitrogens with zero attached hydrogens (tertiary/aromatic N) is 1. The van der Waals surface area contributed by atoms with Gasteiger partial charge < -0.3 is 15.8 Å². The zero-order chi connectivity index (χ0) is 13.4. The highest BCUT2D eigenvalue weighted by Crippen LogP contribution is 2.21.